The van der Waals surface area contributed by atoms with Crippen molar-refractivity contribution < 1.29 is 19.8 Å². The molecule has 0 bridgehead atoms. The van der Waals surface area contributed by atoms with Crippen molar-refractivity contribution in [3.8, 4) is 11.5 Å². The average molecular weight is 252 g/mol. The summed E-state index contributed by atoms with van der Waals surface area (Å²) in [5.74, 6) is -1.72. The van der Waals surface area contributed by atoms with Gasteiger partial charge in [0.05, 0.1) is 0 Å². The second-order valence-corrected chi connectivity index (χ2v) is 4.24. The van der Waals surface area contributed by atoms with E-state index in [4.69, 9.17) is 5.73 Å². The molecule has 0 radical (unpaired) electrons. The molecule has 1 unspecified atom stereocenters. The number of hydrogen-bond donors (Lipinski definition) is 4. The number of carbonyl (C=O) groups excluding carboxylic acids is 2. The maximum absolute atomic E-state index is 11.9. The molecule has 0 aromatic heterocycles. The lowest BCUT2D eigenvalue weighted by Gasteiger charge is -2.25. The van der Waals surface area contributed by atoms with Crippen LogP contribution in [-0.4, -0.2) is 27.6 Å². The third kappa shape index (κ3) is 2.91. The van der Waals surface area contributed by atoms with E-state index in [0.29, 0.717) is 6.42 Å². The highest BCUT2D eigenvalue weighted by Crippen LogP contribution is 2.21. The van der Waals surface area contributed by atoms with Crippen LogP contribution in [0.5, 0.6) is 11.5 Å². The highest BCUT2D eigenvalue weighted by Gasteiger charge is 2.31. The predicted molar refractivity (Wildman–Crippen MR) is 65.1 cm³/mol. The molecule has 1 aromatic rings. The fourth-order valence-corrected chi connectivity index (χ4v) is 1.37. The molecule has 0 spiro atoms. The van der Waals surface area contributed by atoms with Crippen LogP contribution in [0.2, 0.25) is 0 Å². The summed E-state index contributed by atoms with van der Waals surface area (Å²) >= 11 is 0. The number of aromatic hydroxyl groups is 2. The highest BCUT2D eigenvalue weighted by atomic mass is 16.3. The molecule has 0 aliphatic carbocycles. The highest BCUT2D eigenvalue weighted by molar-refractivity contribution is 5.99. The first kappa shape index (κ1) is 13.8. The van der Waals surface area contributed by atoms with Gasteiger partial charge in [-0.05, 0) is 25.5 Å². The summed E-state index contributed by atoms with van der Waals surface area (Å²) in [6.45, 7) is 3.22. The van der Waals surface area contributed by atoms with Gasteiger partial charge in [0.2, 0.25) is 5.91 Å². The molecule has 0 aliphatic heterocycles. The minimum absolute atomic E-state index is 0.0495. The van der Waals surface area contributed by atoms with Crippen molar-refractivity contribution in [3.63, 3.8) is 0 Å². The molecule has 98 valence electrons. The minimum atomic E-state index is -1.17. The van der Waals surface area contributed by atoms with Crippen molar-refractivity contribution in [2.24, 2.45) is 5.73 Å². The van der Waals surface area contributed by atoms with E-state index >= 15 is 0 Å². The van der Waals surface area contributed by atoms with Crippen molar-refractivity contribution in [1.29, 1.82) is 0 Å². The molecular weight excluding hydrogens is 236 g/mol. The number of nitrogens with two attached hydrogens (primary N) is 1. The lowest BCUT2D eigenvalue weighted by molar-refractivity contribution is -0.123. The van der Waals surface area contributed by atoms with E-state index in [1.54, 1.807) is 6.92 Å². The van der Waals surface area contributed by atoms with Crippen LogP contribution >= 0.6 is 0 Å². The lowest BCUT2D eigenvalue weighted by Crippen LogP contribution is -2.54. The number of primary amides is 1. The molecule has 5 N–H and O–H groups in total. The molecule has 0 saturated carbocycles. The first-order valence-corrected chi connectivity index (χ1v) is 5.44. The van der Waals surface area contributed by atoms with E-state index < -0.39 is 17.4 Å². The van der Waals surface area contributed by atoms with Crippen molar-refractivity contribution in [2.45, 2.75) is 25.8 Å². The van der Waals surface area contributed by atoms with Gasteiger partial charge in [0.1, 0.15) is 17.0 Å². The van der Waals surface area contributed by atoms with Crippen molar-refractivity contribution >= 4 is 11.8 Å². The summed E-state index contributed by atoms with van der Waals surface area (Å²) in [6.07, 6.45) is 0.332. The number of benzene rings is 1. The zero-order chi connectivity index (χ0) is 13.9. The van der Waals surface area contributed by atoms with E-state index in [0.717, 1.165) is 6.07 Å². The fraction of sp³-hybridized carbons (Fsp3) is 0.333. The summed E-state index contributed by atoms with van der Waals surface area (Å²) in [4.78, 5) is 23.1. The molecule has 0 fully saturated rings. The Morgan fingerprint density at radius 1 is 1.28 bits per heavy atom. The number of amides is 2. The molecule has 1 aromatic carbocycles. The normalized spacial score (nSPS) is 13.7. The molecular formula is C12H16N2O4. The fourth-order valence-electron chi connectivity index (χ4n) is 1.37. The van der Waals surface area contributed by atoms with Crippen LogP contribution < -0.4 is 11.1 Å². The maximum Gasteiger partial charge on any atom is 0.252 e. The van der Waals surface area contributed by atoms with E-state index in [1.807, 2.05) is 0 Å². The number of phenols is 2. The van der Waals surface area contributed by atoms with Gasteiger partial charge in [0.15, 0.2) is 0 Å². The van der Waals surface area contributed by atoms with E-state index in [-0.39, 0.29) is 17.1 Å². The third-order valence-electron chi connectivity index (χ3n) is 2.81. The Kier molecular flexibility index (Phi) is 3.80. The number of nitrogens with one attached hydrogen (secondary N) is 1. The zero-order valence-electron chi connectivity index (χ0n) is 10.2. The molecule has 0 heterocycles. The molecule has 1 rings (SSSR count). The smallest absolute Gasteiger partial charge is 0.252 e. The van der Waals surface area contributed by atoms with Crippen molar-refractivity contribution in [3.05, 3.63) is 23.8 Å². The first-order valence-electron chi connectivity index (χ1n) is 5.44. The summed E-state index contributed by atoms with van der Waals surface area (Å²) < 4.78 is 0. The van der Waals surface area contributed by atoms with Crippen LogP contribution in [0.15, 0.2) is 18.2 Å². The molecule has 0 aliphatic rings. The van der Waals surface area contributed by atoms with E-state index in [2.05, 4.69) is 5.32 Å². The molecule has 18 heavy (non-hydrogen) atoms. The summed E-state index contributed by atoms with van der Waals surface area (Å²) in [6, 6.07) is 3.47. The largest absolute Gasteiger partial charge is 0.508 e. The first-order chi connectivity index (χ1) is 8.28. The summed E-state index contributed by atoms with van der Waals surface area (Å²) in [5, 5.41) is 21.0. The van der Waals surface area contributed by atoms with Gasteiger partial charge in [-0.25, -0.2) is 0 Å². The number of hydrogen-bond acceptors (Lipinski definition) is 4. The Morgan fingerprint density at radius 2 is 1.78 bits per heavy atom. The topological polar surface area (TPSA) is 113 Å². The lowest BCUT2D eigenvalue weighted by atomic mass is 9.97. The van der Waals surface area contributed by atoms with Crippen LogP contribution in [0.25, 0.3) is 0 Å². The second kappa shape index (κ2) is 4.95. The summed E-state index contributed by atoms with van der Waals surface area (Å²) in [7, 11) is 0. The average Bonchev–Trinajstić information content (AvgIpc) is 2.27. The van der Waals surface area contributed by atoms with Gasteiger partial charge in [-0.15, -0.1) is 0 Å². The molecule has 1 atom stereocenters. The second-order valence-electron chi connectivity index (χ2n) is 4.24. The number of phenolic OH excluding ortho intramolecular Hbond substituents is 2. The number of carbonyl (C=O) groups is 2. The predicted octanol–water partition coefficient (Wildman–Crippen LogP) is 0.482. The van der Waals surface area contributed by atoms with Crippen LogP contribution in [0.3, 0.4) is 0 Å². The SMILES string of the molecule is CCC(C)(NC(=O)c1cc(O)cc(O)c1)C(N)=O. The maximum atomic E-state index is 11.9. The van der Waals surface area contributed by atoms with Crippen molar-refractivity contribution in [2.75, 3.05) is 0 Å². The zero-order valence-corrected chi connectivity index (χ0v) is 10.2. The summed E-state index contributed by atoms with van der Waals surface area (Å²) in [5.41, 5.74) is 4.10. The van der Waals surface area contributed by atoms with Crippen LogP contribution in [-0.2, 0) is 4.79 Å². The van der Waals surface area contributed by atoms with E-state index in [9.17, 15) is 19.8 Å². The Morgan fingerprint density at radius 3 is 2.17 bits per heavy atom. The molecule has 6 nitrogen and oxygen atoms in total. The quantitative estimate of drug-likeness (QED) is 0.624. The Labute approximate surface area is 104 Å². The van der Waals surface area contributed by atoms with Crippen LogP contribution in [0.1, 0.15) is 30.6 Å². The van der Waals surface area contributed by atoms with Gasteiger partial charge in [-0.2, -0.15) is 0 Å². The molecule has 2 amide bonds. The van der Waals surface area contributed by atoms with Crippen molar-refractivity contribution in [1.82, 2.24) is 5.32 Å². The minimum Gasteiger partial charge on any atom is -0.508 e. The van der Waals surface area contributed by atoms with Crippen LogP contribution in [0, 0.1) is 0 Å². The Balaban J connectivity index is 2.98. The van der Waals surface area contributed by atoms with Gasteiger partial charge in [0, 0.05) is 11.6 Å². The molecule has 0 saturated heterocycles. The van der Waals surface area contributed by atoms with Crippen LogP contribution in [0.4, 0.5) is 0 Å². The van der Waals surface area contributed by atoms with Gasteiger partial charge in [-0.1, -0.05) is 6.92 Å². The van der Waals surface area contributed by atoms with Gasteiger partial charge in [0.25, 0.3) is 5.91 Å². The standard InChI is InChI=1S/C12H16N2O4/c1-3-12(2,11(13)18)14-10(17)7-4-8(15)6-9(16)5-7/h4-6,15-16H,3H2,1-2H3,(H2,13,18)(H,14,17). The third-order valence-corrected chi connectivity index (χ3v) is 2.81. The number of rotatable bonds is 4. The monoisotopic (exact) mass is 252 g/mol. The van der Waals surface area contributed by atoms with Gasteiger partial charge >= 0.3 is 0 Å². The van der Waals surface area contributed by atoms with Gasteiger partial charge < -0.3 is 21.3 Å². The van der Waals surface area contributed by atoms with E-state index in [1.165, 1.54) is 19.1 Å². The molecule has 6 heteroatoms. The Hall–Kier alpha value is -2.24. The Bertz CT molecular complexity index is 467. The van der Waals surface area contributed by atoms with Gasteiger partial charge in [-0.3, -0.25) is 9.59 Å².